The lowest BCUT2D eigenvalue weighted by Gasteiger charge is -2.27. The maximum atomic E-state index is 13.3. The number of carbonyl (C=O) groups is 4. The van der Waals surface area contributed by atoms with Gasteiger partial charge < -0.3 is 15.8 Å². The minimum absolute atomic E-state index is 0.0120. The predicted molar refractivity (Wildman–Crippen MR) is 115 cm³/mol. The van der Waals surface area contributed by atoms with Crippen molar-refractivity contribution in [1.82, 2.24) is 5.32 Å². The van der Waals surface area contributed by atoms with E-state index in [1.54, 1.807) is 6.07 Å². The van der Waals surface area contributed by atoms with Crippen molar-refractivity contribution >= 4 is 45.4 Å². The molecule has 2 heterocycles. The van der Waals surface area contributed by atoms with Gasteiger partial charge in [0.05, 0.1) is 15.7 Å². The molecule has 3 N–H and O–H groups in total. The Labute approximate surface area is 190 Å². The number of hydrogen-bond donors (Lipinski definition) is 2. The maximum absolute atomic E-state index is 13.3. The number of amides is 4. The Morgan fingerprint density at radius 2 is 1.88 bits per heavy atom. The van der Waals surface area contributed by atoms with Gasteiger partial charge in [0.15, 0.2) is 0 Å². The van der Waals surface area contributed by atoms with Crippen LogP contribution in [0.25, 0.3) is 0 Å². The molecule has 164 valence electrons. The van der Waals surface area contributed by atoms with Gasteiger partial charge in [0, 0.05) is 31.0 Å². The van der Waals surface area contributed by atoms with E-state index in [2.05, 4.69) is 21.2 Å². The third-order valence-corrected chi connectivity index (χ3v) is 5.94. The van der Waals surface area contributed by atoms with E-state index in [4.69, 9.17) is 10.5 Å². The summed E-state index contributed by atoms with van der Waals surface area (Å²) in [6.45, 7) is 0. The highest BCUT2D eigenvalue weighted by molar-refractivity contribution is 9.10. The van der Waals surface area contributed by atoms with Gasteiger partial charge in [-0.15, -0.1) is 0 Å². The lowest BCUT2D eigenvalue weighted by Crippen LogP contribution is -2.43. The van der Waals surface area contributed by atoms with Gasteiger partial charge in [0.25, 0.3) is 0 Å². The van der Waals surface area contributed by atoms with Crippen LogP contribution < -0.4 is 20.7 Å². The average molecular weight is 502 g/mol. The Morgan fingerprint density at radius 3 is 2.56 bits per heavy atom. The van der Waals surface area contributed by atoms with Crippen LogP contribution in [-0.4, -0.2) is 23.8 Å². The van der Waals surface area contributed by atoms with Gasteiger partial charge in [-0.25, -0.2) is 18.9 Å². The fraction of sp³-hybridized carbons (Fsp3) is 0.182. The Kier molecular flexibility index (Phi) is 5.79. The van der Waals surface area contributed by atoms with Crippen LogP contribution in [0.2, 0.25) is 0 Å². The third kappa shape index (κ3) is 4.13. The van der Waals surface area contributed by atoms with Gasteiger partial charge in [-0.3, -0.25) is 9.59 Å². The molecule has 0 aromatic heterocycles. The Morgan fingerprint density at radius 1 is 1.16 bits per heavy atom. The first-order chi connectivity index (χ1) is 15.2. The molecule has 0 radical (unpaired) electrons. The third-order valence-electron chi connectivity index (χ3n) is 5.32. The zero-order valence-corrected chi connectivity index (χ0v) is 18.1. The molecule has 2 aliphatic heterocycles. The summed E-state index contributed by atoms with van der Waals surface area (Å²) in [6.07, 6.45) is 1.80. The summed E-state index contributed by atoms with van der Waals surface area (Å²) in [5.41, 5.74) is 7.06. The molecular weight excluding hydrogens is 485 g/mol. The molecule has 0 fully saturated rings. The molecule has 1 unspecified atom stereocenters. The van der Waals surface area contributed by atoms with Crippen LogP contribution in [0.1, 0.15) is 29.9 Å². The molecule has 2 aromatic carbocycles. The van der Waals surface area contributed by atoms with Gasteiger partial charge >= 0.3 is 12.0 Å². The fourth-order valence-electron chi connectivity index (χ4n) is 3.77. The van der Waals surface area contributed by atoms with Crippen molar-refractivity contribution in [3.8, 4) is 5.75 Å². The van der Waals surface area contributed by atoms with E-state index in [-0.39, 0.29) is 35.8 Å². The molecule has 0 aliphatic carbocycles. The maximum Gasteiger partial charge on any atom is 0.341 e. The summed E-state index contributed by atoms with van der Waals surface area (Å²) in [7, 11) is 0. The van der Waals surface area contributed by atoms with Crippen LogP contribution in [0.15, 0.2) is 52.6 Å². The van der Waals surface area contributed by atoms with E-state index in [1.807, 2.05) is 0 Å². The Hall–Kier alpha value is -3.53. The molecule has 32 heavy (non-hydrogen) atoms. The number of rotatable bonds is 3. The molecule has 0 bridgehead atoms. The molecule has 1 atom stereocenters. The van der Waals surface area contributed by atoms with Crippen LogP contribution in [0, 0.1) is 5.82 Å². The number of nitrogens with one attached hydrogen (secondary N) is 1. The zero-order valence-electron chi connectivity index (χ0n) is 16.6. The second-order valence-corrected chi connectivity index (χ2v) is 8.20. The molecule has 0 saturated carbocycles. The summed E-state index contributed by atoms with van der Waals surface area (Å²) >= 11 is 3.35. The molecular formula is C22H17BrFN3O5. The molecule has 2 aromatic rings. The Bertz CT molecular complexity index is 1180. The highest BCUT2D eigenvalue weighted by Gasteiger charge is 2.32. The summed E-state index contributed by atoms with van der Waals surface area (Å²) in [4.78, 5) is 49.7. The van der Waals surface area contributed by atoms with Gasteiger partial charge in [-0.2, -0.15) is 0 Å². The van der Waals surface area contributed by atoms with Crippen molar-refractivity contribution in [2.45, 2.75) is 25.2 Å². The van der Waals surface area contributed by atoms with E-state index >= 15 is 0 Å². The zero-order chi connectivity index (χ0) is 23.0. The summed E-state index contributed by atoms with van der Waals surface area (Å²) in [6, 6.07) is 7.64. The number of nitrogens with two attached hydrogens (primary N) is 1. The van der Waals surface area contributed by atoms with Crippen molar-refractivity contribution in [2.75, 3.05) is 4.90 Å². The first-order valence-corrected chi connectivity index (χ1v) is 10.5. The normalized spacial score (nSPS) is 17.9. The van der Waals surface area contributed by atoms with Gasteiger partial charge in [0.1, 0.15) is 11.6 Å². The number of benzene rings is 2. The summed E-state index contributed by atoms with van der Waals surface area (Å²) < 4.78 is 19.3. The fourth-order valence-corrected chi connectivity index (χ4v) is 4.24. The minimum atomic E-state index is -0.926. The number of aryl methyl sites for hydroxylation is 1. The van der Waals surface area contributed by atoms with E-state index in [9.17, 15) is 23.6 Å². The van der Waals surface area contributed by atoms with Gasteiger partial charge in [-0.1, -0.05) is 12.1 Å². The van der Waals surface area contributed by atoms with Crippen molar-refractivity contribution < 1.29 is 28.3 Å². The molecule has 0 spiro atoms. The average Bonchev–Trinajstić information content (AvgIpc) is 2.74. The molecule has 4 amide bonds. The van der Waals surface area contributed by atoms with Crippen molar-refractivity contribution in [1.29, 1.82) is 0 Å². The smallest absolute Gasteiger partial charge is 0.341 e. The SMILES string of the molecule is NC(=O)N1C(=O)CCc2cc(Br)c(OC(=O)C3=CNC(=O)CC3c3ccc(F)cc3)cc21. The number of nitrogens with zero attached hydrogens (tertiary/aromatic N) is 1. The second kappa shape index (κ2) is 8.54. The second-order valence-electron chi connectivity index (χ2n) is 7.34. The first-order valence-electron chi connectivity index (χ1n) is 9.66. The number of urea groups is 1. The molecule has 0 saturated heterocycles. The number of imide groups is 1. The lowest BCUT2D eigenvalue weighted by molar-refractivity contribution is -0.131. The number of fused-ring (bicyclic) bond motifs is 1. The van der Waals surface area contributed by atoms with Crippen molar-refractivity contribution in [3.63, 3.8) is 0 Å². The van der Waals surface area contributed by atoms with Crippen LogP contribution in [0.5, 0.6) is 5.75 Å². The first kappa shape index (κ1) is 21.7. The molecule has 2 aliphatic rings. The number of ether oxygens (including phenoxy) is 1. The summed E-state index contributed by atoms with van der Waals surface area (Å²) in [5.74, 6) is -2.47. The minimum Gasteiger partial charge on any atom is -0.422 e. The number of halogens is 2. The van der Waals surface area contributed by atoms with Crippen LogP contribution in [0.3, 0.4) is 0 Å². The van der Waals surface area contributed by atoms with E-state index in [0.717, 1.165) is 4.90 Å². The van der Waals surface area contributed by atoms with Crippen LogP contribution in [-0.2, 0) is 20.8 Å². The number of carbonyl (C=O) groups excluding carboxylic acids is 4. The number of anilines is 1. The topological polar surface area (TPSA) is 119 Å². The largest absolute Gasteiger partial charge is 0.422 e. The highest BCUT2D eigenvalue weighted by Crippen LogP contribution is 2.38. The number of primary amides is 1. The van der Waals surface area contributed by atoms with E-state index in [0.29, 0.717) is 22.0 Å². The molecule has 10 heteroatoms. The highest BCUT2D eigenvalue weighted by atomic mass is 79.9. The monoisotopic (exact) mass is 501 g/mol. The van der Waals surface area contributed by atoms with Crippen molar-refractivity contribution in [2.24, 2.45) is 5.73 Å². The standard InChI is InChI=1S/C22H17BrFN3O5/c23-16-7-12-3-6-20(29)27(22(25)31)17(12)9-18(16)32-21(30)15-10-26-19(28)8-14(15)11-1-4-13(24)5-2-11/h1-2,4-5,7,9-10,14H,3,6,8H2,(H2,25,31)(H,26,28). The quantitative estimate of drug-likeness (QED) is 0.494. The summed E-state index contributed by atoms with van der Waals surface area (Å²) in [5, 5.41) is 2.50. The van der Waals surface area contributed by atoms with Crippen LogP contribution in [0.4, 0.5) is 14.9 Å². The number of esters is 1. The Balaban J connectivity index is 1.66. The van der Waals surface area contributed by atoms with Gasteiger partial charge in [0.2, 0.25) is 11.8 Å². The van der Waals surface area contributed by atoms with Gasteiger partial charge in [-0.05, 0) is 51.7 Å². The van der Waals surface area contributed by atoms with E-state index in [1.165, 1.54) is 36.5 Å². The predicted octanol–water partition coefficient (Wildman–Crippen LogP) is 3.04. The van der Waals surface area contributed by atoms with Crippen LogP contribution >= 0.6 is 15.9 Å². The van der Waals surface area contributed by atoms with Crippen molar-refractivity contribution in [3.05, 3.63) is 69.6 Å². The lowest BCUT2D eigenvalue weighted by atomic mass is 9.86. The number of hydrogen-bond acceptors (Lipinski definition) is 5. The molecule has 8 nitrogen and oxygen atoms in total. The van der Waals surface area contributed by atoms with E-state index < -0.39 is 29.6 Å². The molecule has 4 rings (SSSR count).